The maximum Gasteiger partial charge on any atom is 0.501 e. The van der Waals surface area contributed by atoms with Gasteiger partial charge in [-0.15, -0.1) is 0 Å². The van der Waals surface area contributed by atoms with E-state index in [-0.39, 0.29) is 0 Å². The Bertz CT molecular complexity index is 291. The molecule has 15 heavy (non-hydrogen) atoms. The van der Waals surface area contributed by atoms with Crippen LogP contribution in [0.25, 0.3) is 0 Å². The number of imidazole rings is 1. The van der Waals surface area contributed by atoms with Crippen LogP contribution in [0.15, 0.2) is 12.5 Å². The Labute approximate surface area is 91.4 Å². The highest BCUT2D eigenvalue weighted by Gasteiger charge is 2.37. The largest absolute Gasteiger partial charge is 0.501 e. The SMILES string of the molecule is CO[Si](CCn1cnc(C)c1)(OC)OC. The van der Waals surface area contributed by atoms with Crippen molar-refractivity contribution in [1.82, 2.24) is 9.55 Å². The van der Waals surface area contributed by atoms with E-state index in [9.17, 15) is 0 Å². The Hall–Kier alpha value is -0.693. The Morgan fingerprint density at radius 2 is 1.87 bits per heavy atom. The number of aromatic nitrogens is 2. The highest BCUT2D eigenvalue weighted by atomic mass is 28.4. The molecule has 1 rings (SSSR count). The Morgan fingerprint density at radius 1 is 1.27 bits per heavy atom. The summed E-state index contributed by atoms with van der Waals surface area (Å²) in [6, 6.07) is 0.742. The molecule has 6 heteroatoms. The summed E-state index contributed by atoms with van der Waals surface area (Å²) < 4.78 is 18.0. The summed E-state index contributed by atoms with van der Waals surface area (Å²) >= 11 is 0. The third kappa shape index (κ3) is 3.13. The lowest BCUT2D eigenvalue weighted by Crippen LogP contribution is -2.43. The minimum Gasteiger partial charge on any atom is -0.377 e. The van der Waals surface area contributed by atoms with Gasteiger partial charge in [0.2, 0.25) is 0 Å². The third-order valence-corrected chi connectivity index (χ3v) is 5.07. The fourth-order valence-electron chi connectivity index (χ4n) is 1.42. The average Bonchev–Trinajstić information content (AvgIpc) is 2.67. The molecule has 0 N–H and O–H groups in total. The van der Waals surface area contributed by atoms with Gasteiger partial charge in [0.25, 0.3) is 0 Å². The van der Waals surface area contributed by atoms with Crippen molar-refractivity contribution in [3.63, 3.8) is 0 Å². The predicted molar refractivity (Wildman–Crippen MR) is 58.6 cm³/mol. The molecule has 0 fully saturated rings. The summed E-state index contributed by atoms with van der Waals surface area (Å²) in [6.07, 6.45) is 3.79. The van der Waals surface area contributed by atoms with Gasteiger partial charge in [-0.1, -0.05) is 0 Å². The summed E-state index contributed by atoms with van der Waals surface area (Å²) in [5.41, 5.74) is 1.01. The highest BCUT2D eigenvalue weighted by Crippen LogP contribution is 2.13. The number of nitrogens with zero attached hydrogens (tertiary/aromatic N) is 2. The minimum atomic E-state index is -2.44. The van der Waals surface area contributed by atoms with Crippen LogP contribution in [0, 0.1) is 6.92 Å². The van der Waals surface area contributed by atoms with Crippen molar-refractivity contribution >= 4 is 8.80 Å². The third-order valence-electron chi connectivity index (χ3n) is 2.37. The molecule has 0 saturated carbocycles. The van der Waals surface area contributed by atoms with Crippen LogP contribution in [-0.4, -0.2) is 39.7 Å². The fraction of sp³-hybridized carbons (Fsp3) is 0.667. The molecule has 0 bridgehead atoms. The van der Waals surface area contributed by atoms with Gasteiger partial charge < -0.3 is 17.8 Å². The second-order valence-corrected chi connectivity index (χ2v) is 6.39. The predicted octanol–water partition coefficient (Wildman–Crippen LogP) is 1.07. The lowest BCUT2D eigenvalue weighted by atomic mass is 10.6. The van der Waals surface area contributed by atoms with E-state index >= 15 is 0 Å². The molecule has 0 radical (unpaired) electrons. The summed E-state index contributed by atoms with van der Waals surface area (Å²) in [6.45, 7) is 2.76. The van der Waals surface area contributed by atoms with E-state index in [0.717, 1.165) is 18.3 Å². The standard InChI is InChI=1S/C9H18N2O3Si/c1-9-7-11(8-10-9)5-6-15(12-2,13-3)14-4/h7-8H,5-6H2,1-4H3. The molecule has 0 aliphatic rings. The number of hydrogen-bond donors (Lipinski definition) is 0. The number of hydrogen-bond acceptors (Lipinski definition) is 4. The van der Waals surface area contributed by atoms with Gasteiger partial charge in [0.15, 0.2) is 0 Å². The molecule has 0 atom stereocenters. The quantitative estimate of drug-likeness (QED) is 0.686. The molecular formula is C9H18N2O3Si. The van der Waals surface area contributed by atoms with Gasteiger partial charge in [0, 0.05) is 40.1 Å². The van der Waals surface area contributed by atoms with Crippen molar-refractivity contribution < 1.29 is 13.3 Å². The lowest BCUT2D eigenvalue weighted by molar-refractivity contribution is 0.122. The van der Waals surface area contributed by atoms with Crippen molar-refractivity contribution in [3.8, 4) is 0 Å². The molecule has 5 nitrogen and oxygen atoms in total. The normalized spacial score (nSPS) is 12.0. The van der Waals surface area contributed by atoms with Gasteiger partial charge >= 0.3 is 8.80 Å². The monoisotopic (exact) mass is 230 g/mol. The first kappa shape index (κ1) is 12.4. The molecular weight excluding hydrogens is 212 g/mol. The second-order valence-electron chi connectivity index (χ2n) is 3.30. The van der Waals surface area contributed by atoms with Crippen molar-refractivity contribution in [2.75, 3.05) is 21.3 Å². The van der Waals surface area contributed by atoms with Crippen molar-refractivity contribution in [2.24, 2.45) is 0 Å². The van der Waals surface area contributed by atoms with Crippen molar-refractivity contribution in [3.05, 3.63) is 18.2 Å². The zero-order chi connectivity index (χ0) is 11.3. The van der Waals surface area contributed by atoms with Crippen LogP contribution in [0.2, 0.25) is 6.04 Å². The molecule has 0 spiro atoms. The van der Waals surface area contributed by atoms with Crippen molar-refractivity contribution in [2.45, 2.75) is 19.5 Å². The number of aryl methyl sites for hydroxylation is 2. The summed E-state index contributed by atoms with van der Waals surface area (Å²) in [4.78, 5) is 4.15. The van der Waals surface area contributed by atoms with Gasteiger partial charge in [-0.05, 0) is 6.92 Å². The summed E-state index contributed by atoms with van der Waals surface area (Å²) in [7, 11) is 2.43. The molecule has 0 saturated heterocycles. The highest BCUT2D eigenvalue weighted by molar-refractivity contribution is 6.60. The minimum absolute atomic E-state index is 0.742. The van der Waals surface area contributed by atoms with E-state index < -0.39 is 8.80 Å². The van der Waals surface area contributed by atoms with E-state index in [0.29, 0.717) is 0 Å². The zero-order valence-corrected chi connectivity index (χ0v) is 10.7. The zero-order valence-electron chi connectivity index (χ0n) is 9.69. The molecule has 0 amide bonds. The van der Waals surface area contributed by atoms with E-state index in [4.69, 9.17) is 13.3 Å². The first-order chi connectivity index (χ1) is 7.15. The van der Waals surface area contributed by atoms with Crippen LogP contribution in [0.1, 0.15) is 5.69 Å². The van der Waals surface area contributed by atoms with E-state index in [1.807, 2.05) is 17.7 Å². The fourth-order valence-corrected chi connectivity index (χ4v) is 3.06. The first-order valence-electron chi connectivity index (χ1n) is 4.79. The molecule has 0 aliphatic carbocycles. The molecule has 0 aromatic carbocycles. The first-order valence-corrected chi connectivity index (χ1v) is 6.73. The molecule has 0 aliphatic heterocycles. The maximum atomic E-state index is 5.33. The van der Waals surface area contributed by atoms with Crippen LogP contribution in [0.4, 0.5) is 0 Å². The maximum absolute atomic E-state index is 5.33. The summed E-state index contributed by atoms with van der Waals surface area (Å²) in [5.74, 6) is 0. The molecule has 0 unspecified atom stereocenters. The van der Waals surface area contributed by atoms with Crippen LogP contribution >= 0.6 is 0 Å². The van der Waals surface area contributed by atoms with E-state index in [2.05, 4.69) is 4.98 Å². The van der Waals surface area contributed by atoms with Gasteiger partial charge in [0.05, 0.1) is 12.0 Å². The van der Waals surface area contributed by atoms with Gasteiger partial charge in [0.1, 0.15) is 0 Å². The average molecular weight is 230 g/mol. The smallest absolute Gasteiger partial charge is 0.377 e. The van der Waals surface area contributed by atoms with E-state index in [1.165, 1.54) is 0 Å². The number of rotatable bonds is 6. The lowest BCUT2D eigenvalue weighted by Gasteiger charge is -2.24. The topological polar surface area (TPSA) is 45.5 Å². The van der Waals surface area contributed by atoms with Crippen LogP contribution in [0.3, 0.4) is 0 Å². The molecule has 1 aromatic heterocycles. The van der Waals surface area contributed by atoms with Crippen LogP contribution in [-0.2, 0) is 19.8 Å². The second kappa shape index (κ2) is 5.41. The molecule has 1 aromatic rings. The molecule has 1 heterocycles. The Balaban J connectivity index is 2.54. The van der Waals surface area contributed by atoms with E-state index in [1.54, 1.807) is 27.7 Å². The Morgan fingerprint density at radius 3 is 2.27 bits per heavy atom. The summed E-state index contributed by atoms with van der Waals surface area (Å²) in [5, 5.41) is 0. The van der Waals surface area contributed by atoms with Gasteiger partial charge in [-0.25, -0.2) is 4.98 Å². The van der Waals surface area contributed by atoms with Crippen LogP contribution < -0.4 is 0 Å². The van der Waals surface area contributed by atoms with Crippen molar-refractivity contribution in [1.29, 1.82) is 0 Å². The van der Waals surface area contributed by atoms with Gasteiger partial charge in [-0.3, -0.25) is 0 Å². The Kier molecular flexibility index (Phi) is 4.46. The molecule has 86 valence electrons. The van der Waals surface area contributed by atoms with Gasteiger partial charge in [-0.2, -0.15) is 0 Å². The van der Waals surface area contributed by atoms with Crippen LogP contribution in [0.5, 0.6) is 0 Å².